The van der Waals surface area contributed by atoms with Crippen molar-refractivity contribution in [1.29, 1.82) is 0 Å². The Labute approximate surface area is 130 Å². The number of aliphatic hydroxyl groups is 1. The third-order valence-electron chi connectivity index (χ3n) is 3.38. The van der Waals surface area contributed by atoms with Crippen LogP contribution in [0.25, 0.3) is 0 Å². The summed E-state index contributed by atoms with van der Waals surface area (Å²) < 4.78 is 0. The summed E-state index contributed by atoms with van der Waals surface area (Å²) in [4.78, 5) is 0. The lowest BCUT2D eigenvalue weighted by atomic mass is 9.92. The van der Waals surface area contributed by atoms with Gasteiger partial charge in [0.05, 0.1) is 0 Å². The van der Waals surface area contributed by atoms with Gasteiger partial charge in [-0.1, -0.05) is 39.0 Å². The van der Waals surface area contributed by atoms with E-state index in [9.17, 15) is 5.11 Å². The van der Waals surface area contributed by atoms with Crippen LogP contribution in [0, 0.1) is 11.8 Å². The maximum absolute atomic E-state index is 10.0. The van der Waals surface area contributed by atoms with Crippen molar-refractivity contribution < 1.29 is 5.11 Å². The summed E-state index contributed by atoms with van der Waals surface area (Å²) in [5.74, 6) is 0.894. The van der Waals surface area contributed by atoms with Crippen molar-refractivity contribution in [2.45, 2.75) is 46.3 Å². The Morgan fingerprint density at radius 2 is 1.95 bits per heavy atom. The van der Waals surface area contributed by atoms with Gasteiger partial charge in [0.15, 0.2) is 0 Å². The van der Waals surface area contributed by atoms with Gasteiger partial charge in [-0.25, -0.2) is 0 Å². The van der Waals surface area contributed by atoms with Crippen molar-refractivity contribution in [1.82, 2.24) is 10.3 Å². The maximum atomic E-state index is 10.0. The molecule has 0 aliphatic heterocycles. The number of aliphatic hydroxyl groups excluding tert-OH is 1. The van der Waals surface area contributed by atoms with Gasteiger partial charge in [-0.3, -0.25) is 5.32 Å². The molecule has 21 heavy (non-hydrogen) atoms. The van der Waals surface area contributed by atoms with E-state index in [-0.39, 0.29) is 0 Å². The lowest BCUT2D eigenvalue weighted by Crippen LogP contribution is -2.26. The van der Waals surface area contributed by atoms with Crippen LogP contribution in [0.15, 0.2) is 28.9 Å². The first-order chi connectivity index (χ1) is 9.92. The minimum atomic E-state index is -0.579. The van der Waals surface area contributed by atoms with Crippen LogP contribution < -0.4 is 5.32 Å². The number of hydrogen-bond acceptors (Lipinski definition) is 4. The van der Waals surface area contributed by atoms with Crippen LogP contribution in [-0.2, 0) is 0 Å². The van der Waals surface area contributed by atoms with Crippen LogP contribution in [0.3, 0.4) is 0 Å². The number of nitrogens with one attached hydrogen (secondary N) is 1. The predicted molar refractivity (Wildman–Crippen MR) is 92.3 cm³/mol. The van der Waals surface area contributed by atoms with Gasteiger partial charge in [-0.2, -0.15) is 5.10 Å². The molecule has 0 heterocycles. The highest BCUT2D eigenvalue weighted by Crippen LogP contribution is 2.17. The minimum Gasteiger partial charge on any atom is -0.375 e. The van der Waals surface area contributed by atoms with Gasteiger partial charge in [-0.15, -0.1) is 0 Å². The molecule has 122 valence electrons. The molecule has 0 aliphatic rings. The number of rotatable bonds is 10. The van der Waals surface area contributed by atoms with Crippen LogP contribution in [0.2, 0.25) is 0 Å². The molecule has 2 N–H and O–H groups in total. The van der Waals surface area contributed by atoms with E-state index in [4.69, 9.17) is 0 Å². The average Bonchev–Trinajstić information content (AvgIpc) is 2.43. The molecule has 0 aromatic carbocycles. The molecule has 2 atom stereocenters. The standard InChI is InChI=1S/C17H33N3O/c1-7-8-9-10-15(17(21)18-4)11-12-16(14(2)3)13-19-20(5)6/h8-9,11,13-14,16-18,21H,7,10,12H2,1-6H3/b9-8?,15-11?,19-13-/t16-,17?/m0/s1. The van der Waals surface area contributed by atoms with Crippen molar-refractivity contribution in [3.63, 3.8) is 0 Å². The molecule has 0 radical (unpaired) electrons. The van der Waals surface area contributed by atoms with E-state index < -0.39 is 6.23 Å². The second-order valence-electron chi connectivity index (χ2n) is 5.81. The number of nitrogens with zero attached hydrogens (tertiary/aromatic N) is 2. The Hall–Kier alpha value is -1.13. The molecule has 0 aromatic heterocycles. The van der Waals surface area contributed by atoms with Crippen molar-refractivity contribution in [3.05, 3.63) is 23.8 Å². The lowest BCUT2D eigenvalue weighted by molar-refractivity contribution is 0.180. The van der Waals surface area contributed by atoms with Gasteiger partial charge in [0.2, 0.25) is 0 Å². The summed E-state index contributed by atoms with van der Waals surface area (Å²) in [5.41, 5.74) is 1.02. The third kappa shape index (κ3) is 9.43. The van der Waals surface area contributed by atoms with Gasteiger partial charge >= 0.3 is 0 Å². The zero-order valence-electron chi connectivity index (χ0n) is 14.5. The predicted octanol–water partition coefficient (Wildman–Crippen LogP) is 3.02. The largest absolute Gasteiger partial charge is 0.375 e. The van der Waals surface area contributed by atoms with Crippen LogP contribution in [-0.4, -0.2) is 43.7 Å². The lowest BCUT2D eigenvalue weighted by Gasteiger charge is -2.18. The van der Waals surface area contributed by atoms with E-state index in [0.717, 1.165) is 24.8 Å². The van der Waals surface area contributed by atoms with Crippen LogP contribution in [0.1, 0.15) is 40.0 Å². The Bertz CT molecular complexity index is 346. The Morgan fingerprint density at radius 1 is 1.29 bits per heavy atom. The summed E-state index contributed by atoms with van der Waals surface area (Å²) in [6, 6.07) is 0. The average molecular weight is 295 g/mol. The zero-order chi connectivity index (χ0) is 16.3. The molecule has 0 saturated carbocycles. The number of likely N-dealkylation sites (N-methyl/N-ethyl adjacent to an activating group) is 1. The Kier molecular flexibility index (Phi) is 10.9. The summed E-state index contributed by atoms with van der Waals surface area (Å²) in [5, 5.41) is 19.1. The molecule has 0 rings (SSSR count). The highest BCUT2D eigenvalue weighted by Gasteiger charge is 2.12. The van der Waals surface area contributed by atoms with Gasteiger partial charge < -0.3 is 10.1 Å². The van der Waals surface area contributed by atoms with Gasteiger partial charge in [0.25, 0.3) is 0 Å². The molecule has 4 nitrogen and oxygen atoms in total. The zero-order valence-corrected chi connectivity index (χ0v) is 14.5. The van der Waals surface area contributed by atoms with Gasteiger partial charge in [-0.05, 0) is 37.8 Å². The first-order valence-electron chi connectivity index (χ1n) is 7.83. The van der Waals surface area contributed by atoms with Crippen LogP contribution in [0.5, 0.6) is 0 Å². The quantitative estimate of drug-likeness (QED) is 0.282. The highest BCUT2D eigenvalue weighted by molar-refractivity contribution is 5.61. The van der Waals surface area contributed by atoms with Crippen molar-refractivity contribution in [3.8, 4) is 0 Å². The van der Waals surface area contributed by atoms with Crippen LogP contribution in [0.4, 0.5) is 0 Å². The number of allylic oxidation sites excluding steroid dienone is 3. The first-order valence-corrected chi connectivity index (χ1v) is 7.83. The Balaban J connectivity index is 4.86. The molecular formula is C17H33N3O. The SMILES string of the molecule is CCC=CCC(=CC[C@@H](/C=N\N(C)C)C(C)C)C(O)NC. The van der Waals surface area contributed by atoms with E-state index in [1.165, 1.54) is 0 Å². The molecule has 4 heteroatoms. The highest BCUT2D eigenvalue weighted by atomic mass is 16.3. The van der Waals surface area contributed by atoms with Crippen LogP contribution >= 0.6 is 0 Å². The van der Waals surface area contributed by atoms with Crippen molar-refractivity contribution in [2.75, 3.05) is 21.1 Å². The van der Waals surface area contributed by atoms with Crippen molar-refractivity contribution in [2.24, 2.45) is 16.9 Å². The van der Waals surface area contributed by atoms with Crippen molar-refractivity contribution >= 4 is 6.21 Å². The molecule has 0 aromatic rings. The van der Waals surface area contributed by atoms with E-state index in [1.54, 1.807) is 7.05 Å². The fourth-order valence-corrected chi connectivity index (χ4v) is 1.89. The van der Waals surface area contributed by atoms with E-state index in [1.807, 2.05) is 25.3 Å². The fraction of sp³-hybridized carbons (Fsp3) is 0.706. The second kappa shape index (κ2) is 11.5. The fourth-order valence-electron chi connectivity index (χ4n) is 1.89. The molecular weight excluding hydrogens is 262 g/mol. The first kappa shape index (κ1) is 19.9. The minimum absolute atomic E-state index is 0.376. The van der Waals surface area contributed by atoms with Gasteiger partial charge in [0, 0.05) is 26.2 Å². The van der Waals surface area contributed by atoms with E-state index in [2.05, 4.69) is 49.4 Å². The van der Waals surface area contributed by atoms with Gasteiger partial charge in [0.1, 0.15) is 6.23 Å². The monoisotopic (exact) mass is 295 g/mol. The molecule has 0 aliphatic carbocycles. The number of hydrogen-bond donors (Lipinski definition) is 2. The normalized spacial score (nSPS) is 16.1. The smallest absolute Gasteiger partial charge is 0.127 e. The molecule has 1 unspecified atom stereocenters. The molecule has 0 bridgehead atoms. The molecule has 0 fully saturated rings. The molecule has 0 spiro atoms. The third-order valence-corrected chi connectivity index (χ3v) is 3.38. The van der Waals surface area contributed by atoms with E-state index >= 15 is 0 Å². The second-order valence-corrected chi connectivity index (χ2v) is 5.81. The maximum Gasteiger partial charge on any atom is 0.127 e. The molecule has 0 saturated heterocycles. The topological polar surface area (TPSA) is 47.9 Å². The summed E-state index contributed by atoms with van der Waals surface area (Å²) >= 11 is 0. The summed E-state index contributed by atoms with van der Waals surface area (Å²) in [7, 11) is 5.63. The van der Waals surface area contributed by atoms with E-state index in [0.29, 0.717) is 11.8 Å². The summed E-state index contributed by atoms with van der Waals surface area (Å²) in [6.07, 6.45) is 10.5. The Morgan fingerprint density at radius 3 is 2.43 bits per heavy atom. The molecule has 0 amide bonds. The summed E-state index contributed by atoms with van der Waals surface area (Å²) in [6.45, 7) is 6.51. The number of hydrazone groups is 1.